The van der Waals surface area contributed by atoms with Crippen LogP contribution < -0.4 is 5.32 Å². The lowest BCUT2D eigenvalue weighted by Crippen LogP contribution is -2.45. The van der Waals surface area contributed by atoms with E-state index in [9.17, 15) is 19.4 Å². The van der Waals surface area contributed by atoms with E-state index in [0.29, 0.717) is 17.4 Å². The van der Waals surface area contributed by atoms with E-state index in [4.69, 9.17) is 9.05 Å². The number of phosphoric acid groups is 1. The van der Waals surface area contributed by atoms with Gasteiger partial charge in [0.15, 0.2) is 0 Å². The van der Waals surface area contributed by atoms with Crippen LogP contribution in [0.25, 0.3) is 0 Å². The summed E-state index contributed by atoms with van der Waals surface area (Å²) in [6.07, 6.45) is 66.9. The standard InChI is InChI=1S/C59H113N2O6P/c1-6-8-10-12-14-16-17-18-19-20-21-22-23-24-25-26-27-28-29-30-31-32-33-34-35-36-37-38-39-40-41-42-43-45-47-49-51-53-59(63)60-57(56-67-68(64,65)66-55-54-61(3,4)5)58(62)52-50-48-46-44-15-13-11-9-7-2/h15,25-26,28-29,44,50,52,57-58,62H,6-14,16-24,27,30-43,45-49,51,53-56H2,1-5H3,(H-,60,63,64,65)/p+1/b26-25-,29-28-,44-15+,52-50+. The number of hydrogen-bond donors (Lipinski definition) is 3. The number of phosphoric ester groups is 1. The SMILES string of the molecule is CCCCC/C=C/CC/C=C/C(O)C(COP(=O)(O)OCC[N+](C)(C)C)NC(=O)CCCCCCCCCCCCCCCCCCC/C=C\C/C=C\CCCCCCCCCCCCCCC. The number of rotatable bonds is 53. The zero-order valence-corrected chi connectivity index (χ0v) is 46.5. The van der Waals surface area contributed by atoms with Gasteiger partial charge in [-0.25, -0.2) is 4.57 Å². The average molecular weight is 979 g/mol. The van der Waals surface area contributed by atoms with Crippen LogP contribution in [0.3, 0.4) is 0 Å². The van der Waals surface area contributed by atoms with Gasteiger partial charge in [0.05, 0.1) is 39.9 Å². The molecule has 9 heteroatoms. The molecular formula is C59H114N2O6P+. The van der Waals surface area contributed by atoms with Gasteiger partial charge in [-0.05, 0) is 64.2 Å². The predicted molar refractivity (Wildman–Crippen MR) is 295 cm³/mol. The highest BCUT2D eigenvalue weighted by atomic mass is 31.2. The first-order valence-electron chi connectivity index (χ1n) is 29.0. The summed E-state index contributed by atoms with van der Waals surface area (Å²) in [5.74, 6) is -0.188. The maximum atomic E-state index is 12.9. The lowest BCUT2D eigenvalue weighted by atomic mass is 10.0. The molecule has 0 fully saturated rings. The highest BCUT2D eigenvalue weighted by Gasteiger charge is 2.27. The summed E-state index contributed by atoms with van der Waals surface area (Å²) in [7, 11) is 1.56. The summed E-state index contributed by atoms with van der Waals surface area (Å²) in [6, 6.07) is -0.861. The number of nitrogens with zero attached hydrogens (tertiary/aromatic N) is 1. The molecule has 0 aliphatic rings. The van der Waals surface area contributed by atoms with Gasteiger partial charge in [-0.1, -0.05) is 249 Å². The number of likely N-dealkylation sites (N-methyl/N-ethyl adjacent to an activating group) is 1. The zero-order chi connectivity index (χ0) is 49.9. The Morgan fingerprint density at radius 1 is 0.500 bits per heavy atom. The minimum absolute atomic E-state index is 0.0558. The summed E-state index contributed by atoms with van der Waals surface area (Å²) < 4.78 is 23.5. The molecule has 0 aromatic rings. The quantitative estimate of drug-likeness (QED) is 0.0243. The van der Waals surface area contributed by atoms with Gasteiger partial charge in [-0.15, -0.1) is 0 Å². The van der Waals surface area contributed by atoms with E-state index in [1.165, 1.54) is 205 Å². The van der Waals surface area contributed by atoms with Crippen molar-refractivity contribution in [3.8, 4) is 0 Å². The van der Waals surface area contributed by atoms with Crippen molar-refractivity contribution in [3.05, 3.63) is 48.6 Å². The first-order valence-corrected chi connectivity index (χ1v) is 30.5. The fourth-order valence-corrected chi connectivity index (χ4v) is 9.18. The first-order chi connectivity index (χ1) is 33.0. The van der Waals surface area contributed by atoms with Gasteiger partial charge < -0.3 is 19.8 Å². The summed E-state index contributed by atoms with van der Waals surface area (Å²) in [6.45, 7) is 4.75. The molecule has 400 valence electrons. The van der Waals surface area contributed by atoms with Gasteiger partial charge in [0.25, 0.3) is 0 Å². The molecule has 0 aromatic carbocycles. The smallest absolute Gasteiger partial charge is 0.387 e. The van der Waals surface area contributed by atoms with Crippen LogP contribution in [0.2, 0.25) is 0 Å². The monoisotopic (exact) mass is 978 g/mol. The summed E-state index contributed by atoms with van der Waals surface area (Å²) in [5, 5.41) is 13.8. The van der Waals surface area contributed by atoms with Crippen LogP contribution in [0.5, 0.6) is 0 Å². The van der Waals surface area contributed by atoms with E-state index in [-0.39, 0.29) is 19.1 Å². The predicted octanol–water partition coefficient (Wildman–Crippen LogP) is 17.5. The van der Waals surface area contributed by atoms with E-state index in [1.54, 1.807) is 6.08 Å². The fourth-order valence-electron chi connectivity index (χ4n) is 8.44. The van der Waals surface area contributed by atoms with E-state index in [1.807, 2.05) is 27.2 Å². The van der Waals surface area contributed by atoms with Crippen LogP contribution in [0.4, 0.5) is 0 Å². The minimum Gasteiger partial charge on any atom is -0.387 e. The number of nitrogens with one attached hydrogen (secondary N) is 1. The molecule has 0 saturated heterocycles. The third kappa shape index (κ3) is 52.3. The molecule has 3 N–H and O–H groups in total. The Morgan fingerprint density at radius 2 is 0.853 bits per heavy atom. The molecule has 0 heterocycles. The van der Waals surface area contributed by atoms with Gasteiger partial charge in [-0.3, -0.25) is 13.8 Å². The maximum Gasteiger partial charge on any atom is 0.472 e. The van der Waals surface area contributed by atoms with Crippen LogP contribution in [0.1, 0.15) is 271 Å². The second-order valence-corrected chi connectivity index (χ2v) is 22.5. The van der Waals surface area contributed by atoms with Crippen molar-refractivity contribution >= 4 is 13.7 Å². The molecular weight excluding hydrogens is 864 g/mol. The van der Waals surface area contributed by atoms with E-state index < -0.39 is 20.0 Å². The van der Waals surface area contributed by atoms with Crippen molar-refractivity contribution in [2.75, 3.05) is 40.9 Å². The van der Waals surface area contributed by atoms with Gasteiger partial charge >= 0.3 is 7.82 Å². The number of unbranched alkanes of at least 4 members (excludes halogenated alkanes) is 34. The Morgan fingerprint density at radius 3 is 1.29 bits per heavy atom. The molecule has 3 unspecified atom stereocenters. The normalized spacial score (nSPS) is 14.3. The molecule has 0 aliphatic heterocycles. The van der Waals surface area contributed by atoms with Crippen LogP contribution >= 0.6 is 7.82 Å². The van der Waals surface area contributed by atoms with E-state index in [2.05, 4.69) is 55.6 Å². The largest absolute Gasteiger partial charge is 0.472 e. The molecule has 0 radical (unpaired) electrons. The molecule has 68 heavy (non-hydrogen) atoms. The van der Waals surface area contributed by atoms with Gasteiger partial charge in [0, 0.05) is 6.42 Å². The second-order valence-electron chi connectivity index (χ2n) is 21.0. The van der Waals surface area contributed by atoms with Crippen molar-refractivity contribution in [1.82, 2.24) is 5.32 Å². The minimum atomic E-state index is -4.34. The molecule has 0 rings (SSSR count). The summed E-state index contributed by atoms with van der Waals surface area (Å²) in [5.41, 5.74) is 0. The Labute approximate surface area is 422 Å². The highest BCUT2D eigenvalue weighted by molar-refractivity contribution is 7.47. The molecule has 1 amide bonds. The highest BCUT2D eigenvalue weighted by Crippen LogP contribution is 2.43. The van der Waals surface area contributed by atoms with Crippen molar-refractivity contribution in [2.24, 2.45) is 0 Å². The van der Waals surface area contributed by atoms with Crippen molar-refractivity contribution in [2.45, 2.75) is 283 Å². The molecule has 8 nitrogen and oxygen atoms in total. The average Bonchev–Trinajstić information content (AvgIpc) is 3.30. The number of hydrogen-bond acceptors (Lipinski definition) is 5. The van der Waals surface area contributed by atoms with Crippen LogP contribution in [-0.4, -0.2) is 73.4 Å². The van der Waals surface area contributed by atoms with Gasteiger partial charge in [0.1, 0.15) is 13.2 Å². The summed E-state index contributed by atoms with van der Waals surface area (Å²) >= 11 is 0. The Kier molecular flexibility index (Phi) is 49.3. The number of amides is 1. The van der Waals surface area contributed by atoms with E-state index in [0.717, 1.165) is 44.9 Å². The van der Waals surface area contributed by atoms with Crippen LogP contribution in [-0.2, 0) is 18.4 Å². The number of carbonyl (C=O) groups excluding carboxylic acids is 1. The maximum absolute atomic E-state index is 12.9. The third-order valence-corrected chi connectivity index (χ3v) is 14.0. The van der Waals surface area contributed by atoms with Crippen LogP contribution in [0.15, 0.2) is 48.6 Å². The zero-order valence-electron chi connectivity index (χ0n) is 45.6. The molecule has 3 atom stereocenters. The topological polar surface area (TPSA) is 105 Å². The Balaban J connectivity index is 3.87. The molecule has 0 aromatic heterocycles. The number of quaternary nitrogens is 1. The van der Waals surface area contributed by atoms with Gasteiger partial charge in [-0.2, -0.15) is 0 Å². The van der Waals surface area contributed by atoms with Crippen molar-refractivity contribution in [3.63, 3.8) is 0 Å². The molecule has 0 bridgehead atoms. The third-order valence-electron chi connectivity index (χ3n) is 13.0. The van der Waals surface area contributed by atoms with Crippen molar-refractivity contribution in [1.29, 1.82) is 0 Å². The molecule has 0 aliphatic carbocycles. The molecule has 0 saturated carbocycles. The number of carbonyl (C=O) groups is 1. The van der Waals surface area contributed by atoms with Crippen molar-refractivity contribution < 1.29 is 32.9 Å². The Hall–Kier alpha value is -1.54. The van der Waals surface area contributed by atoms with Gasteiger partial charge in [0.2, 0.25) is 5.91 Å². The second kappa shape index (κ2) is 50.4. The van der Waals surface area contributed by atoms with Crippen LogP contribution in [0, 0.1) is 0 Å². The first kappa shape index (κ1) is 66.5. The fraction of sp³-hybridized carbons (Fsp3) is 0.847. The Bertz CT molecular complexity index is 1250. The molecule has 0 spiro atoms. The number of aliphatic hydroxyl groups is 1. The number of aliphatic hydroxyl groups excluding tert-OH is 1. The lowest BCUT2D eigenvalue weighted by Gasteiger charge is -2.25. The lowest BCUT2D eigenvalue weighted by molar-refractivity contribution is -0.870. The number of allylic oxidation sites excluding steroid dienone is 7. The van der Waals surface area contributed by atoms with E-state index >= 15 is 0 Å². The summed E-state index contributed by atoms with van der Waals surface area (Å²) in [4.78, 5) is 23.1.